The van der Waals surface area contributed by atoms with E-state index in [-0.39, 0.29) is 18.4 Å². The predicted molar refractivity (Wildman–Crippen MR) is 125 cm³/mol. The quantitative estimate of drug-likeness (QED) is 0.556. The summed E-state index contributed by atoms with van der Waals surface area (Å²) in [6.07, 6.45) is 0. The number of rotatable bonds is 7. The molecule has 6 nitrogen and oxygen atoms in total. The van der Waals surface area contributed by atoms with E-state index >= 15 is 0 Å². The summed E-state index contributed by atoms with van der Waals surface area (Å²) >= 11 is 1.31. The van der Waals surface area contributed by atoms with Crippen molar-refractivity contribution < 1.29 is 14.3 Å². The van der Waals surface area contributed by atoms with Crippen LogP contribution in [0.1, 0.15) is 39.0 Å². The number of benzene rings is 2. The monoisotopic (exact) mass is 437 g/mol. The van der Waals surface area contributed by atoms with Gasteiger partial charge in [-0.05, 0) is 70.0 Å². The summed E-state index contributed by atoms with van der Waals surface area (Å²) < 4.78 is 5.46. The van der Waals surface area contributed by atoms with E-state index in [9.17, 15) is 9.59 Å². The van der Waals surface area contributed by atoms with Crippen molar-refractivity contribution in [1.29, 1.82) is 0 Å². The summed E-state index contributed by atoms with van der Waals surface area (Å²) in [5, 5.41) is 6.35. The van der Waals surface area contributed by atoms with Gasteiger partial charge in [-0.15, -0.1) is 11.3 Å². The van der Waals surface area contributed by atoms with Crippen LogP contribution in [0.2, 0.25) is 0 Å². The molecule has 2 N–H and O–H groups in total. The fourth-order valence-electron chi connectivity index (χ4n) is 3.39. The van der Waals surface area contributed by atoms with Crippen LogP contribution in [-0.2, 0) is 4.79 Å². The molecule has 0 atom stereocenters. The van der Waals surface area contributed by atoms with Crippen LogP contribution in [-0.4, -0.2) is 29.9 Å². The Labute approximate surface area is 186 Å². The zero-order valence-electron chi connectivity index (χ0n) is 18.5. The minimum absolute atomic E-state index is 0.110. The number of nitrogens with zero attached hydrogens (tertiary/aromatic N) is 1. The second kappa shape index (κ2) is 9.75. The van der Waals surface area contributed by atoms with Crippen molar-refractivity contribution in [3.63, 3.8) is 0 Å². The van der Waals surface area contributed by atoms with Crippen LogP contribution in [0.25, 0.3) is 10.6 Å². The number of aromatic nitrogens is 1. The summed E-state index contributed by atoms with van der Waals surface area (Å²) in [6, 6.07) is 11.6. The van der Waals surface area contributed by atoms with Crippen LogP contribution >= 0.6 is 11.3 Å². The highest BCUT2D eigenvalue weighted by molar-refractivity contribution is 7.17. The van der Waals surface area contributed by atoms with E-state index < -0.39 is 0 Å². The second-order valence-corrected chi connectivity index (χ2v) is 8.39. The molecular formula is C24H27N3O3S. The Morgan fingerprint density at radius 3 is 2.29 bits per heavy atom. The van der Waals surface area contributed by atoms with Gasteiger partial charge in [0.05, 0.1) is 18.8 Å². The fourth-order valence-corrected chi connectivity index (χ4v) is 4.38. The largest absolute Gasteiger partial charge is 0.494 e. The number of carbonyl (C=O) groups excluding carboxylic acids is 2. The standard InChI is InChI=1S/C24H27N3O3S/c1-6-30-19-9-7-18(8-10-19)24-26-17(5)22(31-24)23(29)25-13-20(28)27-21-15(3)11-14(2)12-16(21)4/h7-12H,6,13H2,1-5H3,(H,25,29)(H,27,28). The maximum atomic E-state index is 12.6. The molecule has 2 amide bonds. The van der Waals surface area contributed by atoms with Crippen LogP contribution < -0.4 is 15.4 Å². The maximum absolute atomic E-state index is 12.6. The number of carbonyl (C=O) groups is 2. The van der Waals surface area contributed by atoms with Crippen molar-refractivity contribution in [1.82, 2.24) is 10.3 Å². The van der Waals surface area contributed by atoms with E-state index in [2.05, 4.69) is 15.6 Å². The molecule has 0 spiro atoms. The van der Waals surface area contributed by atoms with Crippen molar-refractivity contribution in [2.45, 2.75) is 34.6 Å². The van der Waals surface area contributed by atoms with Crippen molar-refractivity contribution in [3.8, 4) is 16.3 Å². The lowest BCUT2D eigenvalue weighted by molar-refractivity contribution is -0.115. The van der Waals surface area contributed by atoms with Gasteiger partial charge in [-0.3, -0.25) is 9.59 Å². The normalized spacial score (nSPS) is 10.6. The third kappa shape index (κ3) is 5.49. The van der Waals surface area contributed by atoms with E-state index in [0.717, 1.165) is 38.7 Å². The minimum Gasteiger partial charge on any atom is -0.494 e. The molecule has 0 aliphatic heterocycles. The first-order valence-corrected chi connectivity index (χ1v) is 11.0. The lowest BCUT2D eigenvalue weighted by Gasteiger charge is -2.13. The van der Waals surface area contributed by atoms with Gasteiger partial charge < -0.3 is 15.4 Å². The Morgan fingerprint density at radius 1 is 1.03 bits per heavy atom. The second-order valence-electron chi connectivity index (χ2n) is 7.40. The van der Waals surface area contributed by atoms with Crippen LogP contribution in [0.4, 0.5) is 5.69 Å². The molecule has 0 fully saturated rings. The van der Waals surface area contributed by atoms with E-state index in [1.807, 2.05) is 64.1 Å². The van der Waals surface area contributed by atoms with Crippen molar-refractivity contribution >= 4 is 28.8 Å². The molecule has 1 aromatic heterocycles. The third-order valence-electron chi connectivity index (χ3n) is 4.77. The highest BCUT2D eigenvalue weighted by atomic mass is 32.1. The number of hydrogen-bond acceptors (Lipinski definition) is 5. The van der Waals surface area contributed by atoms with E-state index in [1.165, 1.54) is 11.3 Å². The zero-order valence-corrected chi connectivity index (χ0v) is 19.3. The number of amides is 2. The van der Waals surface area contributed by atoms with Gasteiger partial charge in [-0.2, -0.15) is 0 Å². The van der Waals surface area contributed by atoms with Gasteiger partial charge in [-0.1, -0.05) is 17.7 Å². The SMILES string of the molecule is CCOc1ccc(-c2nc(C)c(C(=O)NCC(=O)Nc3c(C)cc(C)cc3C)s2)cc1. The minimum atomic E-state index is -0.306. The zero-order chi connectivity index (χ0) is 22.5. The van der Waals surface area contributed by atoms with Crippen LogP contribution in [0.5, 0.6) is 5.75 Å². The molecule has 0 saturated carbocycles. The molecule has 3 aromatic rings. The molecule has 162 valence electrons. The third-order valence-corrected chi connectivity index (χ3v) is 5.97. The lowest BCUT2D eigenvalue weighted by atomic mass is 10.1. The van der Waals surface area contributed by atoms with Gasteiger partial charge in [-0.25, -0.2) is 4.98 Å². The molecule has 0 radical (unpaired) electrons. The van der Waals surface area contributed by atoms with Gasteiger partial charge in [0.1, 0.15) is 15.6 Å². The molecule has 0 aliphatic rings. The Hall–Kier alpha value is -3.19. The Bertz CT molecular complexity index is 1080. The molecule has 0 aliphatic carbocycles. The molecule has 2 aromatic carbocycles. The average molecular weight is 438 g/mol. The first-order chi connectivity index (χ1) is 14.8. The number of hydrogen-bond donors (Lipinski definition) is 2. The fraction of sp³-hybridized carbons (Fsp3) is 0.292. The highest BCUT2D eigenvalue weighted by Gasteiger charge is 2.17. The van der Waals surface area contributed by atoms with Crippen LogP contribution in [0, 0.1) is 27.7 Å². The average Bonchev–Trinajstić information content (AvgIpc) is 3.11. The molecular weight excluding hydrogens is 410 g/mol. The first-order valence-electron chi connectivity index (χ1n) is 10.1. The molecule has 0 bridgehead atoms. The number of anilines is 1. The summed E-state index contributed by atoms with van der Waals surface area (Å²) in [5.41, 5.74) is 5.48. The van der Waals surface area contributed by atoms with E-state index in [0.29, 0.717) is 17.2 Å². The molecule has 3 rings (SSSR count). The van der Waals surface area contributed by atoms with Crippen molar-refractivity contribution in [3.05, 3.63) is 63.7 Å². The molecule has 0 unspecified atom stereocenters. The van der Waals surface area contributed by atoms with E-state index in [1.54, 1.807) is 6.92 Å². The van der Waals surface area contributed by atoms with Gasteiger partial charge in [0.15, 0.2) is 0 Å². The summed E-state index contributed by atoms with van der Waals surface area (Å²) in [5.74, 6) is 0.222. The summed E-state index contributed by atoms with van der Waals surface area (Å²) in [7, 11) is 0. The molecule has 31 heavy (non-hydrogen) atoms. The summed E-state index contributed by atoms with van der Waals surface area (Å²) in [6.45, 7) is 10.2. The molecule has 1 heterocycles. The Morgan fingerprint density at radius 2 is 1.68 bits per heavy atom. The Kier molecular flexibility index (Phi) is 7.07. The summed E-state index contributed by atoms with van der Waals surface area (Å²) in [4.78, 5) is 30.0. The first kappa shape index (κ1) is 22.5. The number of nitrogens with one attached hydrogen (secondary N) is 2. The Balaban J connectivity index is 1.64. The topological polar surface area (TPSA) is 80.3 Å². The maximum Gasteiger partial charge on any atom is 0.263 e. The van der Waals surface area contributed by atoms with Gasteiger partial charge in [0, 0.05) is 11.3 Å². The van der Waals surface area contributed by atoms with Crippen molar-refractivity contribution in [2.75, 3.05) is 18.5 Å². The molecule has 0 saturated heterocycles. The smallest absolute Gasteiger partial charge is 0.263 e. The number of thiazole rings is 1. The highest BCUT2D eigenvalue weighted by Crippen LogP contribution is 2.29. The molecule has 7 heteroatoms. The number of aryl methyl sites for hydroxylation is 4. The lowest BCUT2D eigenvalue weighted by Crippen LogP contribution is -2.33. The van der Waals surface area contributed by atoms with Crippen molar-refractivity contribution in [2.24, 2.45) is 0 Å². The van der Waals surface area contributed by atoms with Gasteiger partial charge >= 0.3 is 0 Å². The van der Waals surface area contributed by atoms with Gasteiger partial charge in [0.2, 0.25) is 5.91 Å². The van der Waals surface area contributed by atoms with E-state index in [4.69, 9.17) is 4.74 Å². The predicted octanol–water partition coefficient (Wildman–Crippen LogP) is 4.81. The van der Waals surface area contributed by atoms with Crippen LogP contribution in [0.15, 0.2) is 36.4 Å². The number of ether oxygens (including phenoxy) is 1. The van der Waals surface area contributed by atoms with Crippen LogP contribution in [0.3, 0.4) is 0 Å². The van der Waals surface area contributed by atoms with Gasteiger partial charge in [0.25, 0.3) is 5.91 Å².